The van der Waals surface area contributed by atoms with Crippen LogP contribution in [-0.4, -0.2) is 18.3 Å². The second kappa shape index (κ2) is 2.34. The van der Waals surface area contributed by atoms with E-state index in [0.717, 1.165) is 6.92 Å². The Morgan fingerprint density at radius 2 is 1.50 bits per heavy atom. The molecule has 4 heteroatoms. The lowest BCUT2D eigenvalue weighted by molar-refractivity contribution is -0.110. The molecule has 3 nitrogen and oxygen atoms in total. The average Bonchev–Trinajstić information content (AvgIpc) is 1.62. The van der Waals surface area contributed by atoms with Crippen LogP contribution in [0.1, 0.15) is 27.7 Å². The van der Waals surface area contributed by atoms with Gasteiger partial charge < -0.3 is 0 Å². The van der Waals surface area contributed by atoms with E-state index in [9.17, 15) is 13.2 Å². The monoisotopic (exact) mass is 164 g/mol. The van der Waals surface area contributed by atoms with Crippen molar-refractivity contribution >= 4 is 15.0 Å². The van der Waals surface area contributed by atoms with Gasteiger partial charge in [-0.25, -0.2) is 8.42 Å². The molecule has 0 heterocycles. The Morgan fingerprint density at radius 3 is 1.50 bits per heavy atom. The van der Waals surface area contributed by atoms with Gasteiger partial charge in [0, 0.05) is 6.92 Å². The summed E-state index contributed by atoms with van der Waals surface area (Å²) < 4.78 is 21.0. The van der Waals surface area contributed by atoms with Gasteiger partial charge in [0.25, 0.3) is 0 Å². The largest absolute Gasteiger partial charge is 0.282 e. The summed E-state index contributed by atoms with van der Waals surface area (Å²) in [6.45, 7) is 5.58. The third kappa shape index (κ3) is 1.56. The minimum Gasteiger partial charge on any atom is -0.282 e. The van der Waals surface area contributed by atoms with Crippen molar-refractivity contribution in [3.8, 4) is 0 Å². The van der Waals surface area contributed by atoms with Gasteiger partial charge in [0.1, 0.15) is 0 Å². The molecule has 0 atom stereocenters. The van der Waals surface area contributed by atoms with E-state index in [0.29, 0.717) is 0 Å². The van der Waals surface area contributed by atoms with Gasteiger partial charge in [-0.2, -0.15) is 0 Å². The topological polar surface area (TPSA) is 51.2 Å². The van der Waals surface area contributed by atoms with Crippen LogP contribution >= 0.6 is 0 Å². The van der Waals surface area contributed by atoms with Crippen molar-refractivity contribution in [2.24, 2.45) is 0 Å². The van der Waals surface area contributed by atoms with Crippen LogP contribution in [0.25, 0.3) is 0 Å². The Kier molecular flexibility index (Phi) is 2.25. The van der Waals surface area contributed by atoms with Gasteiger partial charge in [-0.3, -0.25) is 4.79 Å². The molecule has 0 unspecified atom stereocenters. The highest BCUT2D eigenvalue weighted by Crippen LogP contribution is 2.15. The van der Waals surface area contributed by atoms with Crippen LogP contribution in [0.15, 0.2) is 0 Å². The van der Waals surface area contributed by atoms with E-state index in [-0.39, 0.29) is 0 Å². The number of hydrogen-bond acceptors (Lipinski definition) is 3. The molecule has 60 valence electrons. The highest BCUT2D eigenvalue weighted by Gasteiger charge is 2.32. The second-order valence-corrected chi connectivity index (χ2v) is 5.91. The standard InChI is InChI=1S/C6H12O3S/c1-5(7)10(8,9)6(2,3)4/h1-4H3. The predicted molar refractivity (Wildman–Crippen MR) is 39.4 cm³/mol. The van der Waals surface area contributed by atoms with Gasteiger partial charge in [-0.15, -0.1) is 0 Å². The quantitative estimate of drug-likeness (QED) is 0.530. The molecule has 0 bridgehead atoms. The third-order valence-electron chi connectivity index (χ3n) is 1.18. The summed E-state index contributed by atoms with van der Waals surface area (Å²) in [7, 11) is -3.55. The summed E-state index contributed by atoms with van der Waals surface area (Å²) in [4.78, 5) is 10.5. The molecule has 0 rings (SSSR count). The molecule has 0 radical (unpaired) electrons. The van der Waals surface area contributed by atoms with Gasteiger partial charge in [0.2, 0.25) is 15.0 Å². The molecule has 0 aliphatic heterocycles. The highest BCUT2D eigenvalue weighted by molar-refractivity contribution is 8.07. The van der Waals surface area contributed by atoms with Gasteiger partial charge in [0.05, 0.1) is 4.75 Å². The zero-order valence-corrected chi connectivity index (χ0v) is 7.45. The first kappa shape index (κ1) is 9.62. The van der Waals surface area contributed by atoms with Gasteiger partial charge in [0.15, 0.2) is 0 Å². The Morgan fingerprint density at radius 1 is 1.20 bits per heavy atom. The molecule has 0 amide bonds. The maximum atomic E-state index is 11.0. The maximum absolute atomic E-state index is 11.0. The molecule has 0 aromatic heterocycles. The molecule has 0 aromatic carbocycles. The molecule has 0 fully saturated rings. The maximum Gasteiger partial charge on any atom is 0.243 e. The van der Waals surface area contributed by atoms with E-state index in [4.69, 9.17) is 0 Å². The summed E-state index contributed by atoms with van der Waals surface area (Å²) in [5.41, 5.74) is 0. The van der Waals surface area contributed by atoms with Gasteiger partial charge in [-0.05, 0) is 20.8 Å². The Labute approximate surface area is 61.4 Å². The molecule has 0 N–H and O–H groups in total. The van der Waals surface area contributed by atoms with Crippen LogP contribution in [0.5, 0.6) is 0 Å². The van der Waals surface area contributed by atoms with Crippen LogP contribution in [0.3, 0.4) is 0 Å². The first-order chi connectivity index (χ1) is 4.19. The van der Waals surface area contributed by atoms with Crippen molar-refractivity contribution in [3.05, 3.63) is 0 Å². The van der Waals surface area contributed by atoms with E-state index in [1.165, 1.54) is 20.8 Å². The van der Waals surface area contributed by atoms with Crippen LogP contribution in [0.4, 0.5) is 0 Å². The molecular weight excluding hydrogens is 152 g/mol. The zero-order chi connectivity index (χ0) is 8.58. The second-order valence-electron chi connectivity index (χ2n) is 3.11. The molecule has 10 heavy (non-hydrogen) atoms. The highest BCUT2D eigenvalue weighted by atomic mass is 32.2. The average molecular weight is 164 g/mol. The number of sulfone groups is 1. The summed E-state index contributed by atoms with van der Waals surface area (Å²) in [6, 6.07) is 0. The summed E-state index contributed by atoms with van der Waals surface area (Å²) >= 11 is 0. The number of carbonyl (C=O) groups excluding carboxylic acids is 1. The van der Waals surface area contributed by atoms with E-state index < -0.39 is 19.7 Å². The number of hydrogen-bond donors (Lipinski definition) is 0. The fraction of sp³-hybridized carbons (Fsp3) is 0.833. The number of rotatable bonds is 0. The smallest absolute Gasteiger partial charge is 0.243 e. The Bertz CT molecular complexity index is 230. The third-order valence-corrected chi connectivity index (χ3v) is 3.55. The van der Waals surface area contributed by atoms with Crippen LogP contribution in [-0.2, 0) is 14.6 Å². The minimum atomic E-state index is -3.55. The van der Waals surface area contributed by atoms with Crippen molar-refractivity contribution in [2.45, 2.75) is 32.4 Å². The number of carbonyl (C=O) groups is 1. The van der Waals surface area contributed by atoms with Crippen molar-refractivity contribution in [2.75, 3.05) is 0 Å². The fourth-order valence-corrected chi connectivity index (χ4v) is 1.29. The first-order valence-corrected chi connectivity index (χ1v) is 4.43. The first-order valence-electron chi connectivity index (χ1n) is 2.95. The molecular formula is C6H12O3S. The van der Waals surface area contributed by atoms with Crippen LogP contribution < -0.4 is 0 Å². The van der Waals surface area contributed by atoms with E-state index in [2.05, 4.69) is 0 Å². The lowest BCUT2D eigenvalue weighted by Gasteiger charge is -2.15. The minimum absolute atomic E-state index is 0.764. The van der Waals surface area contributed by atoms with Gasteiger partial charge in [-0.1, -0.05) is 0 Å². The zero-order valence-electron chi connectivity index (χ0n) is 6.63. The normalized spacial score (nSPS) is 13.2. The van der Waals surface area contributed by atoms with E-state index >= 15 is 0 Å². The lowest BCUT2D eigenvalue weighted by Crippen LogP contribution is -2.32. The fourth-order valence-electron chi connectivity index (χ4n) is 0.431. The van der Waals surface area contributed by atoms with E-state index in [1.54, 1.807) is 0 Å². The lowest BCUT2D eigenvalue weighted by atomic mass is 10.3. The molecule has 0 saturated heterocycles. The summed E-state index contributed by atoms with van der Waals surface area (Å²) in [6.07, 6.45) is 0. The van der Waals surface area contributed by atoms with Crippen molar-refractivity contribution in [3.63, 3.8) is 0 Å². The molecule has 0 aliphatic carbocycles. The molecule has 0 saturated carbocycles. The van der Waals surface area contributed by atoms with Crippen molar-refractivity contribution < 1.29 is 13.2 Å². The van der Waals surface area contributed by atoms with E-state index in [1.807, 2.05) is 0 Å². The van der Waals surface area contributed by atoms with Crippen molar-refractivity contribution in [1.82, 2.24) is 0 Å². The Balaban J connectivity index is 4.98. The van der Waals surface area contributed by atoms with Gasteiger partial charge >= 0.3 is 0 Å². The Hall–Kier alpha value is -0.380. The molecule has 0 aromatic rings. The summed E-state index contributed by atoms with van der Waals surface area (Å²) in [5, 5.41) is -0.764. The van der Waals surface area contributed by atoms with Crippen molar-refractivity contribution in [1.29, 1.82) is 0 Å². The molecule has 0 aliphatic rings. The van der Waals surface area contributed by atoms with Crippen LogP contribution in [0.2, 0.25) is 0 Å². The predicted octanol–water partition coefficient (Wildman–Crippen LogP) is 0.746. The van der Waals surface area contributed by atoms with Crippen LogP contribution in [0, 0.1) is 0 Å². The SMILES string of the molecule is CC(=O)S(=O)(=O)C(C)(C)C. The molecule has 0 spiro atoms. The summed E-state index contributed by atoms with van der Waals surface area (Å²) in [5.74, 6) is 0.